The standard InChI is InChI=1S/C12H19NO2/c1-9-5-6-12(15-9)10(2)13-8-11-4-3-7-14-11/h5-6,10-11,13H,3-4,7-8H2,1-2H3/t10-,11-/m0/s1. The summed E-state index contributed by atoms with van der Waals surface area (Å²) in [5.74, 6) is 1.97. The summed E-state index contributed by atoms with van der Waals surface area (Å²) in [5, 5.41) is 3.44. The molecule has 0 spiro atoms. The van der Waals surface area contributed by atoms with E-state index in [0.717, 1.165) is 24.7 Å². The minimum atomic E-state index is 0.267. The Balaban J connectivity index is 1.79. The van der Waals surface area contributed by atoms with Crippen molar-refractivity contribution < 1.29 is 9.15 Å². The Hall–Kier alpha value is -0.800. The van der Waals surface area contributed by atoms with Crippen LogP contribution in [-0.4, -0.2) is 19.3 Å². The molecule has 1 aromatic heterocycles. The fourth-order valence-electron chi connectivity index (χ4n) is 1.90. The minimum absolute atomic E-state index is 0.267. The Labute approximate surface area is 90.8 Å². The molecule has 0 aromatic carbocycles. The highest BCUT2D eigenvalue weighted by atomic mass is 16.5. The smallest absolute Gasteiger partial charge is 0.120 e. The van der Waals surface area contributed by atoms with Gasteiger partial charge in [0.15, 0.2) is 0 Å². The van der Waals surface area contributed by atoms with Crippen molar-refractivity contribution in [1.29, 1.82) is 0 Å². The number of hydrogen-bond acceptors (Lipinski definition) is 3. The first-order chi connectivity index (χ1) is 7.25. The molecule has 1 aliphatic heterocycles. The predicted octanol–water partition coefficient (Wildman–Crippen LogP) is 2.42. The Kier molecular flexibility index (Phi) is 3.44. The van der Waals surface area contributed by atoms with Gasteiger partial charge in [-0.3, -0.25) is 0 Å². The zero-order chi connectivity index (χ0) is 10.7. The van der Waals surface area contributed by atoms with Gasteiger partial charge in [0.25, 0.3) is 0 Å². The second-order valence-corrected chi connectivity index (χ2v) is 4.21. The van der Waals surface area contributed by atoms with Gasteiger partial charge in [0.1, 0.15) is 11.5 Å². The van der Waals surface area contributed by atoms with Gasteiger partial charge in [-0.1, -0.05) is 0 Å². The van der Waals surface area contributed by atoms with Crippen LogP contribution in [0.1, 0.15) is 37.3 Å². The first-order valence-electron chi connectivity index (χ1n) is 5.67. The van der Waals surface area contributed by atoms with Crippen molar-refractivity contribution in [3.63, 3.8) is 0 Å². The number of rotatable bonds is 4. The highest BCUT2D eigenvalue weighted by Crippen LogP contribution is 2.17. The Bertz CT molecular complexity index is 302. The predicted molar refractivity (Wildman–Crippen MR) is 58.8 cm³/mol. The van der Waals surface area contributed by atoms with Crippen LogP contribution in [0.5, 0.6) is 0 Å². The van der Waals surface area contributed by atoms with E-state index in [0.29, 0.717) is 6.10 Å². The maximum atomic E-state index is 5.56. The Morgan fingerprint density at radius 2 is 2.40 bits per heavy atom. The molecule has 1 aliphatic rings. The zero-order valence-corrected chi connectivity index (χ0v) is 9.45. The normalized spacial score (nSPS) is 23.2. The van der Waals surface area contributed by atoms with Crippen molar-refractivity contribution in [1.82, 2.24) is 5.32 Å². The molecule has 0 bridgehead atoms. The lowest BCUT2D eigenvalue weighted by atomic mass is 10.2. The number of furan rings is 1. The van der Waals surface area contributed by atoms with Crippen LogP contribution in [0.4, 0.5) is 0 Å². The monoisotopic (exact) mass is 209 g/mol. The molecule has 2 atom stereocenters. The third kappa shape index (κ3) is 2.83. The van der Waals surface area contributed by atoms with E-state index < -0.39 is 0 Å². The number of ether oxygens (including phenoxy) is 1. The van der Waals surface area contributed by atoms with Crippen LogP contribution in [-0.2, 0) is 4.74 Å². The lowest BCUT2D eigenvalue weighted by molar-refractivity contribution is 0.107. The van der Waals surface area contributed by atoms with E-state index in [-0.39, 0.29) is 6.04 Å². The fraction of sp³-hybridized carbons (Fsp3) is 0.667. The average Bonchev–Trinajstić information content (AvgIpc) is 2.84. The van der Waals surface area contributed by atoms with Crippen molar-refractivity contribution in [2.24, 2.45) is 0 Å². The first kappa shape index (κ1) is 10.7. The van der Waals surface area contributed by atoms with Crippen LogP contribution >= 0.6 is 0 Å². The highest BCUT2D eigenvalue weighted by molar-refractivity contribution is 5.08. The fourth-order valence-corrected chi connectivity index (χ4v) is 1.90. The summed E-state index contributed by atoms with van der Waals surface area (Å²) in [4.78, 5) is 0. The lowest BCUT2D eigenvalue weighted by Crippen LogP contribution is -2.28. The molecule has 0 radical (unpaired) electrons. The summed E-state index contributed by atoms with van der Waals surface area (Å²) in [5.41, 5.74) is 0. The van der Waals surface area contributed by atoms with Crippen molar-refractivity contribution in [3.8, 4) is 0 Å². The summed E-state index contributed by atoms with van der Waals surface area (Å²) in [6.07, 6.45) is 2.76. The summed E-state index contributed by atoms with van der Waals surface area (Å²) >= 11 is 0. The average molecular weight is 209 g/mol. The molecule has 1 aromatic rings. The summed E-state index contributed by atoms with van der Waals surface area (Å²) in [6, 6.07) is 4.30. The molecule has 1 fully saturated rings. The van der Waals surface area contributed by atoms with Crippen molar-refractivity contribution in [2.45, 2.75) is 38.8 Å². The minimum Gasteiger partial charge on any atom is -0.465 e. The van der Waals surface area contributed by atoms with E-state index in [9.17, 15) is 0 Å². The van der Waals surface area contributed by atoms with Gasteiger partial charge in [0, 0.05) is 13.2 Å². The number of aryl methyl sites for hydroxylation is 1. The van der Waals surface area contributed by atoms with E-state index in [1.54, 1.807) is 0 Å². The molecule has 1 N–H and O–H groups in total. The molecular formula is C12H19NO2. The van der Waals surface area contributed by atoms with Gasteiger partial charge in [-0.15, -0.1) is 0 Å². The molecule has 0 saturated carbocycles. The Morgan fingerprint density at radius 1 is 1.53 bits per heavy atom. The van der Waals surface area contributed by atoms with Gasteiger partial charge in [-0.05, 0) is 38.8 Å². The molecule has 0 unspecified atom stereocenters. The van der Waals surface area contributed by atoms with Gasteiger partial charge in [0.05, 0.1) is 12.1 Å². The zero-order valence-electron chi connectivity index (χ0n) is 9.45. The van der Waals surface area contributed by atoms with E-state index in [1.165, 1.54) is 12.8 Å². The van der Waals surface area contributed by atoms with E-state index >= 15 is 0 Å². The highest BCUT2D eigenvalue weighted by Gasteiger charge is 2.17. The molecule has 1 saturated heterocycles. The lowest BCUT2D eigenvalue weighted by Gasteiger charge is -2.15. The molecule has 15 heavy (non-hydrogen) atoms. The maximum Gasteiger partial charge on any atom is 0.120 e. The molecule has 0 amide bonds. The Morgan fingerprint density at radius 3 is 3.00 bits per heavy atom. The molecule has 2 heterocycles. The topological polar surface area (TPSA) is 34.4 Å². The van der Waals surface area contributed by atoms with E-state index in [1.807, 2.05) is 19.1 Å². The number of nitrogens with one attached hydrogen (secondary N) is 1. The second-order valence-electron chi connectivity index (χ2n) is 4.21. The van der Waals surface area contributed by atoms with Crippen molar-refractivity contribution in [2.75, 3.05) is 13.2 Å². The first-order valence-corrected chi connectivity index (χ1v) is 5.67. The summed E-state index contributed by atoms with van der Waals surface area (Å²) in [6.45, 7) is 5.92. The van der Waals surface area contributed by atoms with Crippen LogP contribution in [0, 0.1) is 6.92 Å². The molecular weight excluding hydrogens is 190 g/mol. The molecule has 3 nitrogen and oxygen atoms in total. The van der Waals surface area contributed by atoms with Crippen LogP contribution < -0.4 is 5.32 Å². The van der Waals surface area contributed by atoms with Gasteiger partial charge in [0.2, 0.25) is 0 Å². The van der Waals surface area contributed by atoms with Crippen LogP contribution in [0.25, 0.3) is 0 Å². The third-order valence-corrected chi connectivity index (χ3v) is 2.86. The molecule has 2 rings (SSSR count). The van der Waals surface area contributed by atoms with E-state index in [2.05, 4.69) is 12.2 Å². The van der Waals surface area contributed by atoms with Crippen LogP contribution in [0.15, 0.2) is 16.5 Å². The largest absolute Gasteiger partial charge is 0.465 e. The molecule has 0 aliphatic carbocycles. The SMILES string of the molecule is Cc1ccc([C@H](C)NC[C@@H]2CCCO2)o1. The van der Waals surface area contributed by atoms with Gasteiger partial charge in [-0.2, -0.15) is 0 Å². The molecule has 84 valence electrons. The van der Waals surface area contributed by atoms with Gasteiger partial charge in [-0.25, -0.2) is 0 Å². The summed E-state index contributed by atoms with van der Waals surface area (Å²) in [7, 11) is 0. The van der Waals surface area contributed by atoms with E-state index in [4.69, 9.17) is 9.15 Å². The third-order valence-electron chi connectivity index (χ3n) is 2.86. The quantitative estimate of drug-likeness (QED) is 0.827. The van der Waals surface area contributed by atoms with Gasteiger partial charge >= 0.3 is 0 Å². The van der Waals surface area contributed by atoms with Gasteiger partial charge < -0.3 is 14.5 Å². The number of hydrogen-bond donors (Lipinski definition) is 1. The van der Waals surface area contributed by atoms with Crippen LogP contribution in [0.3, 0.4) is 0 Å². The maximum absolute atomic E-state index is 5.56. The van der Waals surface area contributed by atoms with Crippen molar-refractivity contribution in [3.05, 3.63) is 23.7 Å². The molecule has 3 heteroatoms. The van der Waals surface area contributed by atoms with Crippen LogP contribution in [0.2, 0.25) is 0 Å². The summed E-state index contributed by atoms with van der Waals surface area (Å²) < 4.78 is 11.1. The second kappa shape index (κ2) is 4.81. The van der Waals surface area contributed by atoms with Crippen molar-refractivity contribution >= 4 is 0 Å².